The van der Waals surface area contributed by atoms with Crippen LogP contribution in [0, 0.1) is 5.82 Å². The van der Waals surface area contributed by atoms with Gasteiger partial charge in [-0.05, 0) is 82.7 Å². The van der Waals surface area contributed by atoms with Crippen molar-refractivity contribution in [2.75, 3.05) is 29.3 Å². The Bertz CT molecular complexity index is 1080. The van der Waals surface area contributed by atoms with Crippen molar-refractivity contribution in [3.8, 4) is 5.75 Å². The van der Waals surface area contributed by atoms with E-state index in [4.69, 9.17) is 9.47 Å². The van der Waals surface area contributed by atoms with E-state index in [0.717, 1.165) is 18.7 Å². The molecule has 33 heavy (non-hydrogen) atoms. The molecule has 1 aliphatic rings. The molecule has 1 heterocycles. The molecule has 1 amide bonds. The van der Waals surface area contributed by atoms with E-state index in [1.807, 2.05) is 6.92 Å². The number of carbonyl (C=O) groups is 1. The van der Waals surface area contributed by atoms with Crippen molar-refractivity contribution in [1.82, 2.24) is 5.32 Å². The Balaban J connectivity index is 1.95. The Labute approximate surface area is 194 Å². The first kappa shape index (κ1) is 24.8. The van der Waals surface area contributed by atoms with Crippen molar-refractivity contribution in [2.24, 2.45) is 0 Å². The molecule has 2 aromatic carbocycles. The van der Waals surface area contributed by atoms with Gasteiger partial charge in [-0.15, -0.1) is 0 Å². The van der Waals surface area contributed by atoms with Gasteiger partial charge in [-0.3, -0.25) is 9.62 Å². The highest BCUT2D eigenvalue weighted by Gasteiger charge is 2.35. The summed E-state index contributed by atoms with van der Waals surface area (Å²) in [6.45, 7) is 8.77. The van der Waals surface area contributed by atoms with Crippen LogP contribution in [0.25, 0.3) is 0 Å². The number of nitrogens with zero attached hydrogens (tertiary/aromatic N) is 1. The van der Waals surface area contributed by atoms with Crippen molar-refractivity contribution in [1.29, 1.82) is 0 Å². The number of nitrogens with one attached hydrogen (secondary N) is 2. The monoisotopic (exact) mass is 479 g/mol. The molecule has 0 saturated heterocycles. The first-order valence-corrected chi connectivity index (χ1v) is 12.2. The summed E-state index contributed by atoms with van der Waals surface area (Å²) in [6.07, 6.45) is -0.437. The van der Waals surface area contributed by atoms with Gasteiger partial charge in [0.15, 0.2) is 0 Å². The standard InChI is InChI=1S/C23H30FN3O5S/c1-5-25-13-12-18-15-27(33(29,30)19-9-6-16(24)7-10-19)20-14-17(8-11-21(20)31-18)26-22(28)32-23(2,3)4/h6-11,14,18,25H,5,12-13,15H2,1-4H3,(H,26,28). The second-order valence-electron chi connectivity index (χ2n) is 8.68. The lowest BCUT2D eigenvalue weighted by Crippen LogP contribution is -2.44. The molecular weight excluding hydrogens is 449 g/mol. The maximum absolute atomic E-state index is 13.5. The summed E-state index contributed by atoms with van der Waals surface area (Å²) >= 11 is 0. The summed E-state index contributed by atoms with van der Waals surface area (Å²) in [7, 11) is -4.01. The van der Waals surface area contributed by atoms with Gasteiger partial charge in [0.05, 0.1) is 17.1 Å². The van der Waals surface area contributed by atoms with E-state index in [1.165, 1.54) is 22.5 Å². The van der Waals surface area contributed by atoms with Crippen LogP contribution in [0.4, 0.5) is 20.6 Å². The maximum Gasteiger partial charge on any atom is 0.412 e. The first-order chi connectivity index (χ1) is 15.5. The van der Waals surface area contributed by atoms with E-state index in [1.54, 1.807) is 32.9 Å². The van der Waals surface area contributed by atoms with Gasteiger partial charge in [-0.2, -0.15) is 0 Å². The largest absolute Gasteiger partial charge is 0.486 e. The predicted octanol–water partition coefficient (Wildman–Crippen LogP) is 4.13. The number of ether oxygens (including phenoxy) is 2. The number of fused-ring (bicyclic) bond motifs is 1. The minimum Gasteiger partial charge on any atom is -0.486 e. The normalized spacial score (nSPS) is 16.0. The molecule has 0 saturated carbocycles. The van der Waals surface area contributed by atoms with Crippen LogP contribution in [0.1, 0.15) is 34.1 Å². The number of anilines is 2. The third-order valence-electron chi connectivity index (χ3n) is 4.83. The maximum atomic E-state index is 13.5. The Morgan fingerprint density at radius 2 is 1.91 bits per heavy atom. The van der Waals surface area contributed by atoms with E-state index in [-0.39, 0.29) is 23.2 Å². The van der Waals surface area contributed by atoms with Crippen LogP contribution in [0.2, 0.25) is 0 Å². The van der Waals surface area contributed by atoms with Gasteiger partial charge in [-0.25, -0.2) is 17.6 Å². The third-order valence-corrected chi connectivity index (χ3v) is 6.62. The highest BCUT2D eigenvalue weighted by molar-refractivity contribution is 7.92. The number of benzene rings is 2. The van der Waals surface area contributed by atoms with Crippen molar-refractivity contribution in [3.05, 3.63) is 48.3 Å². The highest BCUT2D eigenvalue weighted by Crippen LogP contribution is 2.39. The Morgan fingerprint density at radius 1 is 1.21 bits per heavy atom. The number of hydrogen-bond acceptors (Lipinski definition) is 6. The molecular formula is C23H30FN3O5S. The fourth-order valence-corrected chi connectivity index (χ4v) is 4.86. The highest BCUT2D eigenvalue weighted by atomic mass is 32.2. The number of halogens is 1. The van der Waals surface area contributed by atoms with Gasteiger partial charge in [0, 0.05) is 5.69 Å². The van der Waals surface area contributed by atoms with Crippen LogP contribution in [-0.4, -0.2) is 45.9 Å². The van der Waals surface area contributed by atoms with Gasteiger partial charge in [0.1, 0.15) is 23.3 Å². The topological polar surface area (TPSA) is 97.0 Å². The minimum atomic E-state index is -4.01. The first-order valence-electron chi connectivity index (χ1n) is 10.8. The minimum absolute atomic E-state index is 0.0345. The lowest BCUT2D eigenvalue weighted by atomic mass is 10.1. The van der Waals surface area contributed by atoms with E-state index in [0.29, 0.717) is 24.4 Å². The van der Waals surface area contributed by atoms with Gasteiger partial charge in [0.2, 0.25) is 0 Å². The zero-order chi connectivity index (χ0) is 24.2. The molecule has 3 rings (SSSR count). The molecule has 2 aromatic rings. The zero-order valence-corrected chi connectivity index (χ0v) is 20.0. The molecule has 0 fully saturated rings. The Morgan fingerprint density at radius 3 is 2.55 bits per heavy atom. The van der Waals surface area contributed by atoms with Crippen molar-refractivity contribution < 1.29 is 27.1 Å². The molecule has 0 radical (unpaired) electrons. The predicted molar refractivity (Wildman–Crippen MR) is 125 cm³/mol. The van der Waals surface area contributed by atoms with Crippen LogP contribution in [-0.2, 0) is 14.8 Å². The average Bonchev–Trinajstić information content (AvgIpc) is 2.72. The summed E-state index contributed by atoms with van der Waals surface area (Å²) in [5, 5.41) is 5.83. The van der Waals surface area contributed by atoms with Gasteiger partial charge in [0.25, 0.3) is 10.0 Å². The lowest BCUT2D eigenvalue weighted by Gasteiger charge is -2.36. The quantitative estimate of drug-likeness (QED) is 0.580. The second-order valence-corrected chi connectivity index (χ2v) is 10.5. The zero-order valence-electron chi connectivity index (χ0n) is 19.2. The molecule has 2 N–H and O–H groups in total. The molecule has 0 bridgehead atoms. The smallest absolute Gasteiger partial charge is 0.412 e. The van der Waals surface area contributed by atoms with Crippen molar-refractivity contribution in [2.45, 2.75) is 50.7 Å². The van der Waals surface area contributed by atoms with E-state index < -0.39 is 27.5 Å². The van der Waals surface area contributed by atoms with Crippen LogP contribution >= 0.6 is 0 Å². The second kappa shape index (κ2) is 9.96. The molecule has 1 aliphatic heterocycles. The summed E-state index contributed by atoms with van der Waals surface area (Å²) in [5.74, 6) is -0.146. The third kappa shape index (κ3) is 6.35. The van der Waals surface area contributed by atoms with Crippen molar-refractivity contribution in [3.63, 3.8) is 0 Å². The van der Waals surface area contributed by atoms with E-state index in [9.17, 15) is 17.6 Å². The van der Waals surface area contributed by atoms with Gasteiger partial charge >= 0.3 is 6.09 Å². The number of carbonyl (C=O) groups excluding carboxylic acids is 1. The fraction of sp³-hybridized carbons (Fsp3) is 0.435. The van der Waals surface area contributed by atoms with E-state index in [2.05, 4.69) is 10.6 Å². The molecule has 1 atom stereocenters. The van der Waals surface area contributed by atoms with Gasteiger partial charge in [-0.1, -0.05) is 6.92 Å². The van der Waals surface area contributed by atoms with Crippen LogP contribution in [0.5, 0.6) is 5.75 Å². The molecule has 0 aromatic heterocycles. The van der Waals surface area contributed by atoms with Gasteiger partial charge < -0.3 is 14.8 Å². The SMILES string of the molecule is CCNCCC1CN(S(=O)(=O)c2ccc(F)cc2)c2cc(NC(=O)OC(C)(C)C)ccc2O1. The van der Waals surface area contributed by atoms with Crippen LogP contribution in [0.15, 0.2) is 47.4 Å². The van der Waals surface area contributed by atoms with Crippen LogP contribution < -0.4 is 19.7 Å². The van der Waals surface area contributed by atoms with Crippen molar-refractivity contribution >= 4 is 27.5 Å². The molecule has 180 valence electrons. The molecule has 0 spiro atoms. The Kier molecular flexibility index (Phi) is 7.48. The summed E-state index contributed by atoms with van der Waals surface area (Å²) in [6, 6.07) is 9.45. The Hall–Kier alpha value is -2.85. The number of sulfonamides is 1. The summed E-state index contributed by atoms with van der Waals surface area (Å²) in [4.78, 5) is 12.2. The molecule has 10 heteroatoms. The number of hydrogen-bond donors (Lipinski definition) is 2. The molecule has 0 aliphatic carbocycles. The summed E-state index contributed by atoms with van der Waals surface area (Å²) < 4.78 is 52.9. The summed E-state index contributed by atoms with van der Waals surface area (Å²) in [5.41, 5.74) is -0.0383. The fourth-order valence-electron chi connectivity index (χ4n) is 3.36. The molecule has 1 unspecified atom stereocenters. The lowest BCUT2D eigenvalue weighted by molar-refractivity contribution is 0.0636. The number of rotatable bonds is 7. The average molecular weight is 480 g/mol. The van der Waals surface area contributed by atoms with Crippen LogP contribution in [0.3, 0.4) is 0 Å². The molecule has 8 nitrogen and oxygen atoms in total. The number of amides is 1. The van der Waals surface area contributed by atoms with E-state index >= 15 is 0 Å².